The molecule has 0 aliphatic rings. The monoisotopic (exact) mass is 403 g/mol. The molecule has 0 fully saturated rings. The van der Waals surface area contributed by atoms with Crippen LogP contribution in [0.25, 0.3) is 21.7 Å². The number of furan rings is 1. The third kappa shape index (κ3) is 4.02. The molecule has 0 aliphatic carbocycles. The van der Waals surface area contributed by atoms with Gasteiger partial charge in [0.05, 0.1) is 40.4 Å². The Balaban J connectivity index is 1.51. The van der Waals surface area contributed by atoms with Gasteiger partial charge in [0.1, 0.15) is 17.4 Å². The van der Waals surface area contributed by atoms with Crippen molar-refractivity contribution in [2.45, 2.75) is 12.5 Å². The second-order valence-corrected chi connectivity index (χ2v) is 7.81. The number of ether oxygens (including phenoxy) is 1. The fourth-order valence-electron chi connectivity index (χ4n) is 3.97. The molecule has 1 amide bonds. The van der Waals surface area contributed by atoms with Gasteiger partial charge in [-0.25, -0.2) is 0 Å². The maximum atomic E-state index is 12.8. The van der Waals surface area contributed by atoms with Crippen molar-refractivity contribution < 1.29 is 18.8 Å². The fourth-order valence-corrected chi connectivity index (χ4v) is 3.97. The lowest BCUT2D eigenvalue weighted by Crippen LogP contribution is -3.07. The average molecular weight is 404 g/mol. The van der Waals surface area contributed by atoms with Crippen LogP contribution in [0, 0.1) is 0 Å². The van der Waals surface area contributed by atoms with Crippen LogP contribution in [0.2, 0.25) is 0 Å². The number of amides is 1. The third-order valence-corrected chi connectivity index (χ3v) is 5.59. The number of carbonyl (C=O) groups is 1. The van der Waals surface area contributed by atoms with Crippen molar-refractivity contribution in [2.75, 3.05) is 27.7 Å². The van der Waals surface area contributed by atoms with Crippen molar-refractivity contribution in [1.29, 1.82) is 0 Å². The predicted octanol–water partition coefficient (Wildman–Crippen LogP) is 3.14. The van der Waals surface area contributed by atoms with Gasteiger partial charge in [0, 0.05) is 16.5 Å². The van der Waals surface area contributed by atoms with Gasteiger partial charge in [0.15, 0.2) is 0 Å². The van der Waals surface area contributed by atoms with Gasteiger partial charge in [0.25, 0.3) is 0 Å². The zero-order valence-electron chi connectivity index (χ0n) is 17.6. The molecule has 4 rings (SSSR count). The molecule has 154 valence electrons. The van der Waals surface area contributed by atoms with Crippen LogP contribution in [0.15, 0.2) is 71.3 Å². The number of carbonyl (C=O) groups excluding carboxylic acids is 1. The molecule has 1 atom stereocenters. The summed E-state index contributed by atoms with van der Waals surface area (Å²) >= 11 is 0. The molecule has 2 N–H and O–H groups in total. The molecule has 1 heterocycles. The van der Waals surface area contributed by atoms with Gasteiger partial charge in [-0.2, -0.15) is 0 Å². The Morgan fingerprint density at radius 3 is 2.73 bits per heavy atom. The predicted molar refractivity (Wildman–Crippen MR) is 119 cm³/mol. The molecule has 0 unspecified atom stereocenters. The highest BCUT2D eigenvalue weighted by molar-refractivity contribution is 6.08. The van der Waals surface area contributed by atoms with E-state index in [0.29, 0.717) is 6.54 Å². The number of rotatable bonds is 7. The first kappa shape index (κ1) is 20.0. The minimum Gasteiger partial charge on any atom is -0.497 e. The molecule has 0 saturated carbocycles. The average Bonchev–Trinajstić information content (AvgIpc) is 3.17. The number of likely N-dealkylation sites (N-methyl/N-ethyl adjacent to an activating group) is 1. The van der Waals surface area contributed by atoms with Crippen LogP contribution >= 0.6 is 0 Å². The summed E-state index contributed by atoms with van der Waals surface area (Å²) in [5.74, 6) is 0.807. The number of hydrogen-bond acceptors (Lipinski definition) is 3. The molecule has 0 spiro atoms. The zero-order chi connectivity index (χ0) is 21.1. The molecular weight excluding hydrogens is 376 g/mol. The Kier molecular flexibility index (Phi) is 5.72. The first-order valence-corrected chi connectivity index (χ1v) is 10.2. The van der Waals surface area contributed by atoms with Gasteiger partial charge >= 0.3 is 0 Å². The Bertz CT molecular complexity index is 1180. The first-order valence-electron chi connectivity index (χ1n) is 10.2. The summed E-state index contributed by atoms with van der Waals surface area (Å²) in [6.07, 6.45) is 1.99. The molecule has 0 saturated heterocycles. The van der Waals surface area contributed by atoms with E-state index >= 15 is 0 Å². The SMILES string of the molecule is COc1cccc([C@H](CNC(=O)Cc2coc3ccc4ccccc4c23)[NH+](C)C)c1. The Hall–Kier alpha value is -3.31. The third-order valence-electron chi connectivity index (χ3n) is 5.59. The van der Waals surface area contributed by atoms with E-state index in [0.717, 1.165) is 38.6 Å². The standard InChI is InChI=1S/C25H26N2O3/c1-27(2)22(18-8-6-9-20(13-18)29-3)15-26-24(28)14-19-16-30-23-12-11-17-7-4-5-10-21(17)25(19)23/h4-13,16,22H,14-15H2,1-3H3,(H,26,28)/p+1/t22-/m0/s1. The van der Waals surface area contributed by atoms with Crippen LogP contribution in [0.5, 0.6) is 5.75 Å². The normalized spacial score (nSPS) is 12.4. The van der Waals surface area contributed by atoms with Crippen molar-refractivity contribution in [3.63, 3.8) is 0 Å². The maximum Gasteiger partial charge on any atom is 0.224 e. The van der Waals surface area contributed by atoms with E-state index < -0.39 is 0 Å². The van der Waals surface area contributed by atoms with Crippen LogP contribution < -0.4 is 15.0 Å². The van der Waals surface area contributed by atoms with Crippen molar-refractivity contribution in [2.24, 2.45) is 0 Å². The summed E-state index contributed by atoms with van der Waals surface area (Å²) in [4.78, 5) is 14.0. The lowest BCUT2D eigenvalue weighted by atomic mass is 10.0. The van der Waals surface area contributed by atoms with Crippen molar-refractivity contribution in [3.8, 4) is 5.75 Å². The van der Waals surface area contributed by atoms with Gasteiger partial charge in [-0.05, 0) is 29.0 Å². The minimum atomic E-state index is -0.0141. The van der Waals surface area contributed by atoms with Crippen LogP contribution in [0.1, 0.15) is 17.2 Å². The second-order valence-electron chi connectivity index (χ2n) is 7.81. The first-order chi connectivity index (χ1) is 14.6. The Labute approximate surface area is 176 Å². The van der Waals surface area contributed by atoms with Crippen LogP contribution in [-0.2, 0) is 11.2 Å². The summed E-state index contributed by atoms with van der Waals surface area (Å²) in [5.41, 5.74) is 2.85. The highest BCUT2D eigenvalue weighted by Gasteiger charge is 2.20. The number of methoxy groups -OCH3 is 1. The van der Waals surface area contributed by atoms with Gasteiger partial charge < -0.3 is 19.4 Å². The number of quaternary nitrogens is 1. The highest BCUT2D eigenvalue weighted by atomic mass is 16.5. The van der Waals surface area contributed by atoms with Crippen molar-refractivity contribution in [1.82, 2.24) is 5.32 Å². The van der Waals surface area contributed by atoms with Gasteiger partial charge in [-0.3, -0.25) is 4.79 Å². The molecular formula is C25H27N2O3+. The molecule has 1 aromatic heterocycles. The van der Waals surface area contributed by atoms with Gasteiger partial charge in [0.2, 0.25) is 5.91 Å². The summed E-state index contributed by atoms with van der Waals surface area (Å²) in [7, 11) is 5.84. The summed E-state index contributed by atoms with van der Waals surface area (Å²) in [5, 5.41) is 6.38. The van der Waals surface area contributed by atoms with E-state index in [1.165, 1.54) is 4.90 Å². The molecule has 4 aromatic rings. The maximum absolute atomic E-state index is 12.8. The van der Waals surface area contributed by atoms with Crippen LogP contribution in [-0.4, -0.2) is 33.7 Å². The van der Waals surface area contributed by atoms with E-state index in [4.69, 9.17) is 9.15 Å². The van der Waals surface area contributed by atoms with E-state index in [1.807, 2.05) is 42.5 Å². The molecule has 5 nitrogen and oxygen atoms in total. The molecule has 3 aromatic carbocycles. The van der Waals surface area contributed by atoms with Crippen LogP contribution in [0.4, 0.5) is 0 Å². The molecule has 30 heavy (non-hydrogen) atoms. The second kappa shape index (κ2) is 8.59. The van der Waals surface area contributed by atoms with E-state index in [1.54, 1.807) is 13.4 Å². The number of benzene rings is 3. The summed E-state index contributed by atoms with van der Waals surface area (Å²) in [6, 6.07) is 20.3. The quantitative estimate of drug-likeness (QED) is 0.499. The summed E-state index contributed by atoms with van der Waals surface area (Å²) in [6.45, 7) is 0.546. The molecule has 0 aliphatic heterocycles. The van der Waals surface area contributed by atoms with Gasteiger partial charge in [-0.1, -0.05) is 42.5 Å². The van der Waals surface area contributed by atoms with E-state index in [2.05, 4.69) is 37.6 Å². The number of fused-ring (bicyclic) bond motifs is 3. The van der Waals surface area contributed by atoms with E-state index in [9.17, 15) is 4.79 Å². The lowest BCUT2D eigenvalue weighted by Gasteiger charge is -2.22. The smallest absolute Gasteiger partial charge is 0.224 e. The largest absolute Gasteiger partial charge is 0.497 e. The topological polar surface area (TPSA) is 55.9 Å². The number of nitrogens with one attached hydrogen (secondary N) is 2. The lowest BCUT2D eigenvalue weighted by molar-refractivity contribution is -0.890. The van der Waals surface area contributed by atoms with Crippen LogP contribution in [0.3, 0.4) is 0 Å². The molecule has 0 bridgehead atoms. The van der Waals surface area contributed by atoms with Crippen molar-refractivity contribution >= 4 is 27.6 Å². The fraction of sp³-hybridized carbons (Fsp3) is 0.240. The Morgan fingerprint density at radius 2 is 1.93 bits per heavy atom. The minimum absolute atomic E-state index is 0.0141. The highest BCUT2D eigenvalue weighted by Crippen LogP contribution is 2.30. The molecule has 0 radical (unpaired) electrons. The zero-order valence-corrected chi connectivity index (χ0v) is 17.6. The summed E-state index contributed by atoms with van der Waals surface area (Å²) < 4.78 is 11.1. The van der Waals surface area contributed by atoms with Crippen molar-refractivity contribution in [3.05, 3.63) is 78.1 Å². The van der Waals surface area contributed by atoms with E-state index in [-0.39, 0.29) is 18.4 Å². The Morgan fingerprint density at radius 1 is 1.10 bits per heavy atom. The molecule has 5 heteroatoms. The van der Waals surface area contributed by atoms with Gasteiger partial charge in [-0.15, -0.1) is 0 Å². The number of hydrogen-bond donors (Lipinski definition) is 2.